The molecule has 0 saturated heterocycles. The summed E-state index contributed by atoms with van der Waals surface area (Å²) in [6, 6.07) is 10.5. The average Bonchev–Trinajstić information content (AvgIpc) is 3.04. The van der Waals surface area contributed by atoms with Gasteiger partial charge in [0, 0.05) is 23.2 Å². The highest BCUT2D eigenvalue weighted by Crippen LogP contribution is 2.29. The van der Waals surface area contributed by atoms with Crippen molar-refractivity contribution in [3.05, 3.63) is 68.1 Å². The van der Waals surface area contributed by atoms with Crippen LogP contribution in [0, 0.1) is 0 Å². The lowest BCUT2D eigenvalue weighted by molar-refractivity contribution is 0.159. The van der Waals surface area contributed by atoms with E-state index in [-0.39, 0.29) is 12.3 Å². The van der Waals surface area contributed by atoms with Crippen LogP contribution in [0.3, 0.4) is 0 Å². The Bertz CT molecular complexity index is 1110. The average molecular weight is 436 g/mol. The van der Waals surface area contributed by atoms with E-state index in [0.717, 1.165) is 10.2 Å². The van der Waals surface area contributed by atoms with E-state index in [2.05, 4.69) is 15.6 Å². The third kappa shape index (κ3) is 4.60. The Morgan fingerprint density at radius 3 is 2.62 bits per heavy atom. The van der Waals surface area contributed by atoms with E-state index in [1.54, 1.807) is 30.3 Å². The SMILES string of the molecule is CCON=C(C)c1ccc(OCc2c(Cl)cccc2-n2nnn(C)c2=O)c(Cl)c1. The van der Waals surface area contributed by atoms with Gasteiger partial charge in [-0.25, -0.2) is 4.79 Å². The fourth-order valence-corrected chi connectivity index (χ4v) is 3.02. The minimum absolute atomic E-state index is 0.0864. The molecule has 0 atom stereocenters. The van der Waals surface area contributed by atoms with Gasteiger partial charge in [0.1, 0.15) is 19.0 Å². The van der Waals surface area contributed by atoms with Crippen LogP contribution >= 0.6 is 23.2 Å². The molecule has 29 heavy (non-hydrogen) atoms. The molecule has 0 saturated carbocycles. The van der Waals surface area contributed by atoms with E-state index in [0.29, 0.717) is 39.4 Å². The number of benzene rings is 2. The Labute approximate surface area is 177 Å². The highest BCUT2D eigenvalue weighted by Gasteiger charge is 2.15. The van der Waals surface area contributed by atoms with Gasteiger partial charge >= 0.3 is 5.69 Å². The smallest absolute Gasteiger partial charge is 0.368 e. The van der Waals surface area contributed by atoms with Crippen molar-refractivity contribution in [1.29, 1.82) is 0 Å². The normalized spacial score (nSPS) is 11.6. The van der Waals surface area contributed by atoms with Gasteiger partial charge in [0.05, 0.1) is 16.4 Å². The van der Waals surface area contributed by atoms with E-state index < -0.39 is 0 Å². The van der Waals surface area contributed by atoms with Crippen molar-refractivity contribution in [2.24, 2.45) is 12.2 Å². The summed E-state index contributed by atoms with van der Waals surface area (Å²) in [5, 5.41) is 12.5. The third-order valence-corrected chi connectivity index (χ3v) is 4.75. The van der Waals surface area contributed by atoms with Gasteiger partial charge in [-0.05, 0) is 54.6 Å². The standard InChI is InChI=1S/C19H19Cl2N5O3/c1-4-29-22-12(2)13-8-9-18(16(21)10-13)28-11-14-15(20)6-5-7-17(14)26-19(27)25(3)23-24-26/h5-10H,4,11H2,1-3H3. The Kier molecular flexibility index (Phi) is 6.56. The summed E-state index contributed by atoms with van der Waals surface area (Å²) in [4.78, 5) is 17.3. The lowest BCUT2D eigenvalue weighted by Crippen LogP contribution is -2.23. The molecule has 0 unspecified atom stereocenters. The van der Waals surface area contributed by atoms with E-state index in [1.165, 1.54) is 11.7 Å². The first-order valence-electron chi connectivity index (χ1n) is 8.78. The van der Waals surface area contributed by atoms with E-state index in [9.17, 15) is 4.79 Å². The number of tetrazole rings is 1. The van der Waals surface area contributed by atoms with Crippen LogP contribution in [0.25, 0.3) is 5.69 Å². The van der Waals surface area contributed by atoms with Crippen molar-refractivity contribution in [1.82, 2.24) is 19.8 Å². The maximum absolute atomic E-state index is 12.2. The van der Waals surface area contributed by atoms with Crippen molar-refractivity contribution >= 4 is 28.9 Å². The quantitative estimate of drug-likeness (QED) is 0.418. The van der Waals surface area contributed by atoms with Gasteiger partial charge in [0.2, 0.25) is 0 Å². The van der Waals surface area contributed by atoms with Crippen molar-refractivity contribution < 1.29 is 9.57 Å². The molecule has 152 valence electrons. The molecule has 0 radical (unpaired) electrons. The van der Waals surface area contributed by atoms with Gasteiger partial charge in [-0.15, -0.1) is 0 Å². The number of aromatic nitrogens is 4. The first-order valence-corrected chi connectivity index (χ1v) is 9.54. The number of hydrogen-bond acceptors (Lipinski definition) is 6. The zero-order chi connectivity index (χ0) is 21.0. The zero-order valence-corrected chi connectivity index (χ0v) is 17.6. The summed E-state index contributed by atoms with van der Waals surface area (Å²) in [6.45, 7) is 4.26. The first kappa shape index (κ1) is 20.9. The number of oxime groups is 1. The maximum Gasteiger partial charge on any atom is 0.368 e. The minimum atomic E-state index is -0.389. The predicted molar refractivity (Wildman–Crippen MR) is 111 cm³/mol. The van der Waals surface area contributed by atoms with Crippen LogP contribution in [-0.2, 0) is 18.5 Å². The number of hydrogen-bond donors (Lipinski definition) is 0. The van der Waals surface area contributed by atoms with E-state index >= 15 is 0 Å². The molecule has 0 N–H and O–H groups in total. The van der Waals surface area contributed by atoms with Crippen molar-refractivity contribution in [2.75, 3.05) is 6.61 Å². The molecule has 3 aromatic rings. The molecular weight excluding hydrogens is 417 g/mol. The molecule has 0 amide bonds. The van der Waals surface area contributed by atoms with Crippen LogP contribution < -0.4 is 10.4 Å². The summed E-state index contributed by atoms with van der Waals surface area (Å²) < 4.78 is 8.17. The van der Waals surface area contributed by atoms with Gasteiger partial charge in [-0.1, -0.05) is 34.4 Å². The summed E-state index contributed by atoms with van der Waals surface area (Å²) in [6.07, 6.45) is 0. The molecule has 10 heteroatoms. The maximum atomic E-state index is 12.2. The lowest BCUT2D eigenvalue weighted by Gasteiger charge is -2.13. The zero-order valence-electron chi connectivity index (χ0n) is 16.1. The Hall–Kier alpha value is -2.84. The van der Waals surface area contributed by atoms with Gasteiger partial charge in [0.25, 0.3) is 0 Å². The fourth-order valence-electron chi connectivity index (χ4n) is 2.56. The van der Waals surface area contributed by atoms with Gasteiger partial charge in [0.15, 0.2) is 0 Å². The number of rotatable bonds is 7. The second kappa shape index (κ2) is 9.11. The highest BCUT2D eigenvalue weighted by atomic mass is 35.5. The van der Waals surface area contributed by atoms with Gasteiger partial charge in [-0.3, -0.25) is 0 Å². The van der Waals surface area contributed by atoms with Crippen LogP contribution in [0.4, 0.5) is 0 Å². The number of halogens is 2. The molecule has 0 fully saturated rings. The van der Waals surface area contributed by atoms with Crippen LogP contribution in [0.5, 0.6) is 5.75 Å². The topological polar surface area (TPSA) is 83.5 Å². The van der Waals surface area contributed by atoms with Gasteiger partial charge in [-0.2, -0.15) is 9.36 Å². The largest absolute Gasteiger partial charge is 0.487 e. The molecular formula is C19H19Cl2N5O3. The molecule has 3 rings (SSSR count). The van der Waals surface area contributed by atoms with Crippen molar-refractivity contribution in [3.63, 3.8) is 0 Å². The minimum Gasteiger partial charge on any atom is -0.487 e. The molecule has 0 aliphatic carbocycles. The number of nitrogens with zero attached hydrogens (tertiary/aromatic N) is 5. The van der Waals surface area contributed by atoms with Crippen molar-refractivity contribution in [3.8, 4) is 11.4 Å². The molecule has 1 aromatic heterocycles. The summed E-state index contributed by atoms with van der Waals surface area (Å²) in [5.41, 5.74) is 2.21. The molecule has 0 spiro atoms. The van der Waals surface area contributed by atoms with Crippen LogP contribution in [0.2, 0.25) is 10.0 Å². The summed E-state index contributed by atoms with van der Waals surface area (Å²) in [7, 11) is 1.52. The van der Waals surface area contributed by atoms with E-state index in [1.807, 2.05) is 19.9 Å². The molecule has 0 aliphatic rings. The monoisotopic (exact) mass is 435 g/mol. The summed E-state index contributed by atoms with van der Waals surface area (Å²) in [5.74, 6) is 0.469. The van der Waals surface area contributed by atoms with E-state index in [4.69, 9.17) is 32.8 Å². The van der Waals surface area contributed by atoms with Crippen molar-refractivity contribution in [2.45, 2.75) is 20.5 Å². The number of ether oxygens (including phenoxy) is 1. The lowest BCUT2D eigenvalue weighted by atomic mass is 10.1. The fraction of sp³-hybridized carbons (Fsp3) is 0.263. The molecule has 0 aliphatic heterocycles. The van der Waals surface area contributed by atoms with Crippen LogP contribution in [0.15, 0.2) is 46.3 Å². The predicted octanol–water partition coefficient (Wildman–Crippen LogP) is 3.61. The molecule has 2 aromatic carbocycles. The van der Waals surface area contributed by atoms with Crippen LogP contribution in [0.1, 0.15) is 25.0 Å². The molecule has 8 nitrogen and oxygen atoms in total. The Morgan fingerprint density at radius 2 is 1.97 bits per heavy atom. The second-order valence-electron chi connectivity index (χ2n) is 6.06. The molecule has 0 bridgehead atoms. The van der Waals surface area contributed by atoms with Gasteiger partial charge < -0.3 is 9.57 Å². The molecule has 1 heterocycles. The summed E-state index contributed by atoms with van der Waals surface area (Å²) >= 11 is 12.7. The first-order chi connectivity index (χ1) is 13.9. The number of aryl methyl sites for hydroxylation is 1. The Morgan fingerprint density at radius 1 is 1.17 bits per heavy atom. The third-order valence-electron chi connectivity index (χ3n) is 4.10. The van der Waals surface area contributed by atoms with Crippen LogP contribution in [-0.4, -0.2) is 32.1 Å². The second-order valence-corrected chi connectivity index (χ2v) is 6.88. The highest BCUT2D eigenvalue weighted by molar-refractivity contribution is 6.32. The Balaban J connectivity index is 1.86.